The third kappa shape index (κ3) is 3.87. The first-order chi connectivity index (χ1) is 21.0. The Morgan fingerprint density at radius 2 is 1.09 bits per heavy atom. The first-order valence-corrected chi connectivity index (χ1v) is 14.2. The molecule has 4 aromatic rings. The molecular formula is C37H24N2O4. The van der Waals surface area contributed by atoms with E-state index in [-0.39, 0.29) is 29.5 Å². The molecule has 2 aliphatic carbocycles. The lowest BCUT2D eigenvalue weighted by atomic mass is 9.75. The summed E-state index contributed by atoms with van der Waals surface area (Å²) in [5, 5.41) is 2.49. The van der Waals surface area contributed by atoms with E-state index >= 15 is 0 Å². The van der Waals surface area contributed by atoms with Crippen LogP contribution >= 0.6 is 0 Å². The molecule has 8 rings (SSSR count). The zero-order valence-corrected chi connectivity index (χ0v) is 23.0. The largest absolute Gasteiger partial charge is 0.269 e. The molecule has 4 aliphatic rings. The first-order valence-electron chi connectivity index (χ1n) is 14.2. The number of carbonyl (C=O) groups excluding carboxylic acids is 4. The highest BCUT2D eigenvalue weighted by molar-refractivity contribution is 6.28. The van der Waals surface area contributed by atoms with E-state index in [2.05, 4.69) is 42.5 Å². The molecule has 0 unspecified atom stereocenters. The summed E-state index contributed by atoms with van der Waals surface area (Å²) in [4.78, 5) is 51.6. The smallest absolute Gasteiger partial charge is 0.258 e. The van der Waals surface area contributed by atoms with Crippen LogP contribution in [0.1, 0.15) is 45.7 Å². The maximum atomic E-state index is 12.3. The summed E-state index contributed by atoms with van der Waals surface area (Å²) in [5.41, 5.74) is 9.36. The van der Waals surface area contributed by atoms with Gasteiger partial charge in [-0.2, -0.15) is 0 Å². The van der Waals surface area contributed by atoms with E-state index in [1.54, 1.807) is 0 Å². The number of benzene rings is 4. The van der Waals surface area contributed by atoms with E-state index in [0.29, 0.717) is 11.4 Å². The predicted molar refractivity (Wildman–Crippen MR) is 166 cm³/mol. The van der Waals surface area contributed by atoms with E-state index in [0.717, 1.165) is 39.3 Å². The van der Waals surface area contributed by atoms with Gasteiger partial charge in [0.2, 0.25) is 0 Å². The molecule has 0 N–H and O–H groups in total. The lowest BCUT2D eigenvalue weighted by molar-refractivity contribution is -0.121. The molecule has 0 fully saturated rings. The second-order valence-corrected chi connectivity index (χ2v) is 11.1. The van der Waals surface area contributed by atoms with Gasteiger partial charge in [-0.1, -0.05) is 66.8 Å². The molecule has 43 heavy (non-hydrogen) atoms. The van der Waals surface area contributed by atoms with Gasteiger partial charge in [0, 0.05) is 30.2 Å². The van der Waals surface area contributed by atoms with Gasteiger partial charge in [0.25, 0.3) is 23.6 Å². The summed E-state index contributed by atoms with van der Waals surface area (Å²) in [6.07, 6.45) is 13.6. The number of hydrogen-bond acceptors (Lipinski definition) is 4. The van der Waals surface area contributed by atoms with Crippen LogP contribution in [-0.2, 0) is 25.6 Å². The maximum absolute atomic E-state index is 12.3. The van der Waals surface area contributed by atoms with Crippen LogP contribution in [0, 0.1) is 0 Å². The fourth-order valence-corrected chi connectivity index (χ4v) is 6.82. The van der Waals surface area contributed by atoms with Gasteiger partial charge in [0.15, 0.2) is 0 Å². The second-order valence-electron chi connectivity index (χ2n) is 11.1. The zero-order valence-electron chi connectivity index (χ0n) is 23.0. The average molecular weight is 561 g/mol. The molecule has 2 aliphatic heterocycles. The van der Waals surface area contributed by atoms with Gasteiger partial charge in [0.05, 0.1) is 11.4 Å². The van der Waals surface area contributed by atoms with Crippen LogP contribution < -0.4 is 9.80 Å². The van der Waals surface area contributed by atoms with Crippen LogP contribution in [0.2, 0.25) is 0 Å². The second kappa shape index (κ2) is 9.46. The Labute approximate surface area is 247 Å². The topological polar surface area (TPSA) is 74.8 Å². The quantitative estimate of drug-likeness (QED) is 0.214. The highest BCUT2D eigenvalue weighted by Crippen LogP contribution is 2.45. The lowest BCUT2D eigenvalue weighted by Gasteiger charge is -2.28. The summed E-state index contributed by atoms with van der Waals surface area (Å²) in [7, 11) is 0. The first kappa shape index (κ1) is 25.1. The van der Waals surface area contributed by atoms with Gasteiger partial charge in [-0.15, -0.1) is 0 Å². The molecule has 0 aromatic heterocycles. The van der Waals surface area contributed by atoms with E-state index in [1.165, 1.54) is 57.3 Å². The summed E-state index contributed by atoms with van der Waals surface area (Å²) in [5.74, 6) is -1.60. The Balaban J connectivity index is 1.28. The Bertz CT molecular complexity index is 1920. The van der Waals surface area contributed by atoms with Crippen LogP contribution in [0.4, 0.5) is 11.4 Å². The average Bonchev–Trinajstić information content (AvgIpc) is 3.56. The highest BCUT2D eigenvalue weighted by Gasteiger charge is 2.29. The van der Waals surface area contributed by atoms with E-state index in [4.69, 9.17) is 0 Å². The van der Waals surface area contributed by atoms with Gasteiger partial charge in [-0.25, -0.2) is 9.80 Å². The Morgan fingerprint density at radius 1 is 0.558 bits per heavy atom. The molecule has 0 saturated heterocycles. The number of hydrogen-bond donors (Lipinski definition) is 0. The molecule has 6 heteroatoms. The van der Waals surface area contributed by atoms with Crippen molar-refractivity contribution in [1.82, 2.24) is 0 Å². The van der Waals surface area contributed by atoms with Crippen LogP contribution in [0.5, 0.6) is 0 Å². The molecule has 6 nitrogen and oxygen atoms in total. The molecule has 2 heterocycles. The molecule has 0 saturated carbocycles. The number of anilines is 2. The summed E-state index contributed by atoms with van der Waals surface area (Å²) < 4.78 is 0. The van der Waals surface area contributed by atoms with Crippen molar-refractivity contribution in [1.29, 1.82) is 0 Å². The lowest BCUT2D eigenvalue weighted by Crippen LogP contribution is -2.29. The van der Waals surface area contributed by atoms with Crippen molar-refractivity contribution in [3.63, 3.8) is 0 Å². The van der Waals surface area contributed by atoms with Gasteiger partial charge in [-0.05, 0) is 86.8 Å². The Hall–Kier alpha value is -5.62. The fourth-order valence-electron chi connectivity index (χ4n) is 6.82. The van der Waals surface area contributed by atoms with Crippen LogP contribution in [0.25, 0.3) is 22.4 Å². The molecule has 0 spiro atoms. The van der Waals surface area contributed by atoms with E-state index < -0.39 is 0 Å². The number of rotatable bonds is 5. The fraction of sp³-hybridized carbons (Fsp3) is 0.0811. The standard InChI is InChI=1S/C37H24N2O4/c40-31-18-19-32(41)38(31)27-12-6-24(7-13-27)35(25-8-14-28(15-9-25)39-33(42)20-21-34(39)43)29-16-11-26-5-4-22-2-1-3-23-10-17-30(29)37(26)36(22)23/h1-2,4-16,18-21,35H,3,17H2. The molecule has 206 valence electrons. The summed E-state index contributed by atoms with van der Waals surface area (Å²) in [6, 6.07) is 23.9. The summed E-state index contributed by atoms with van der Waals surface area (Å²) in [6.45, 7) is 0. The minimum atomic E-state index is -0.356. The van der Waals surface area contributed by atoms with Crippen molar-refractivity contribution in [2.45, 2.75) is 18.8 Å². The van der Waals surface area contributed by atoms with Crippen molar-refractivity contribution < 1.29 is 19.2 Å². The number of carbonyl (C=O) groups is 4. The number of nitrogens with zero attached hydrogens (tertiary/aromatic N) is 2. The van der Waals surface area contributed by atoms with Crippen molar-refractivity contribution >= 4 is 57.4 Å². The maximum Gasteiger partial charge on any atom is 0.258 e. The minimum absolute atomic E-state index is 0.182. The molecule has 4 aromatic carbocycles. The van der Waals surface area contributed by atoms with Crippen LogP contribution in [0.15, 0.2) is 109 Å². The summed E-state index contributed by atoms with van der Waals surface area (Å²) >= 11 is 0. The van der Waals surface area contributed by atoms with Gasteiger partial charge >= 0.3 is 0 Å². The van der Waals surface area contributed by atoms with Crippen molar-refractivity contribution in [3.8, 4) is 0 Å². The SMILES string of the molecule is O=C1C=CC(=O)N1c1ccc(C(c2ccc(N3C(=O)C=CC3=O)cc2)c2ccc3ccc4c5c3c2CC=C5CC=C4)cc1. The molecule has 0 radical (unpaired) electrons. The predicted octanol–water partition coefficient (Wildman–Crippen LogP) is 6.24. The minimum Gasteiger partial charge on any atom is -0.269 e. The zero-order chi connectivity index (χ0) is 29.2. The molecular weight excluding hydrogens is 536 g/mol. The third-order valence-corrected chi connectivity index (χ3v) is 8.77. The van der Waals surface area contributed by atoms with Crippen LogP contribution in [0.3, 0.4) is 0 Å². The van der Waals surface area contributed by atoms with Crippen molar-refractivity contribution in [2.75, 3.05) is 9.80 Å². The van der Waals surface area contributed by atoms with Gasteiger partial charge in [-0.3, -0.25) is 19.2 Å². The van der Waals surface area contributed by atoms with Crippen molar-refractivity contribution in [2.24, 2.45) is 0 Å². The molecule has 0 atom stereocenters. The number of imide groups is 2. The monoisotopic (exact) mass is 560 g/mol. The highest BCUT2D eigenvalue weighted by atomic mass is 16.2. The number of allylic oxidation sites excluding steroid dienone is 3. The Morgan fingerprint density at radius 3 is 1.65 bits per heavy atom. The van der Waals surface area contributed by atoms with E-state index in [1.807, 2.05) is 48.5 Å². The third-order valence-electron chi connectivity index (χ3n) is 8.77. The van der Waals surface area contributed by atoms with Crippen LogP contribution in [-0.4, -0.2) is 23.6 Å². The molecule has 4 amide bonds. The Kier molecular flexibility index (Phi) is 5.53. The number of amides is 4. The van der Waals surface area contributed by atoms with E-state index in [9.17, 15) is 19.2 Å². The normalized spacial score (nSPS) is 16.8. The molecule has 0 bridgehead atoms. The van der Waals surface area contributed by atoms with Gasteiger partial charge < -0.3 is 0 Å². The van der Waals surface area contributed by atoms with Crippen molar-refractivity contribution in [3.05, 3.63) is 143 Å². The van der Waals surface area contributed by atoms with Gasteiger partial charge in [0.1, 0.15) is 0 Å².